The summed E-state index contributed by atoms with van der Waals surface area (Å²) >= 11 is 0. The Morgan fingerprint density at radius 3 is 1.50 bits per heavy atom. The molecule has 0 unspecified atom stereocenters. The van der Waals surface area contributed by atoms with E-state index in [-0.39, 0.29) is 18.9 Å². The van der Waals surface area contributed by atoms with Crippen molar-refractivity contribution in [2.75, 3.05) is 40.6 Å². The van der Waals surface area contributed by atoms with E-state index >= 15 is 0 Å². The van der Waals surface area contributed by atoms with Crippen molar-refractivity contribution in [3.63, 3.8) is 0 Å². The molecule has 0 aliphatic carbocycles. The van der Waals surface area contributed by atoms with E-state index in [1.807, 2.05) is 0 Å². The molecule has 0 radical (unpaired) electrons. The van der Waals surface area contributed by atoms with Gasteiger partial charge in [0.2, 0.25) is 0 Å². The van der Waals surface area contributed by atoms with E-state index in [1.165, 1.54) is 0 Å². The van der Waals surface area contributed by atoms with Crippen molar-refractivity contribution in [1.82, 2.24) is 0 Å². The molecule has 0 saturated carbocycles. The Kier molecular flexibility index (Phi) is 25.4. The standard InChI is InChI=1S/C6H14O3.Li.NO3/c1-7-3-5-9-6-4-8-2;;2-1(3)4/h3-6H2,1-2H3;;/q;+1;-1. The van der Waals surface area contributed by atoms with Gasteiger partial charge in [-0.15, -0.1) is 0 Å². The molecule has 80 valence electrons. The summed E-state index contributed by atoms with van der Waals surface area (Å²) in [6.07, 6.45) is 0. The first-order valence-corrected chi connectivity index (χ1v) is 3.52. The number of hydrogen-bond acceptors (Lipinski definition) is 6. The maximum absolute atomic E-state index is 8.25. The van der Waals surface area contributed by atoms with Gasteiger partial charge in [0.1, 0.15) is 0 Å². The van der Waals surface area contributed by atoms with Crippen molar-refractivity contribution in [2.45, 2.75) is 0 Å². The molecule has 0 spiro atoms. The Labute approximate surface area is 94.6 Å². The summed E-state index contributed by atoms with van der Waals surface area (Å²) in [7, 11) is 3.30. The normalized spacial score (nSPS) is 8.14. The third kappa shape index (κ3) is 41.3. The Morgan fingerprint density at radius 2 is 1.29 bits per heavy atom. The van der Waals surface area contributed by atoms with Crippen molar-refractivity contribution < 1.29 is 38.2 Å². The van der Waals surface area contributed by atoms with Crippen LogP contribution < -0.4 is 18.9 Å². The molecule has 7 nitrogen and oxygen atoms in total. The van der Waals surface area contributed by atoms with Crippen LogP contribution in [0.1, 0.15) is 0 Å². The molecule has 0 heterocycles. The van der Waals surface area contributed by atoms with Crippen LogP contribution in [0, 0.1) is 15.3 Å². The predicted molar refractivity (Wildman–Crippen MR) is 44.9 cm³/mol. The summed E-state index contributed by atoms with van der Waals surface area (Å²) in [6, 6.07) is 0. The van der Waals surface area contributed by atoms with Gasteiger partial charge < -0.3 is 29.5 Å². The van der Waals surface area contributed by atoms with Gasteiger partial charge in [-0.2, -0.15) is 0 Å². The topological polar surface area (TPSA) is 93.9 Å². The Bertz CT molecular complexity index is 104. The van der Waals surface area contributed by atoms with Crippen LogP contribution in [0.3, 0.4) is 0 Å². The molecule has 0 atom stereocenters. The molecular formula is C6H14LiNO6. The van der Waals surface area contributed by atoms with E-state index in [1.54, 1.807) is 14.2 Å². The van der Waals surface area contributed by atoms with Crippen molar-refractivity contribution in [3.05, 3.63) is 15.3 Å². The van der Waals surface area contributed by atoms with E-state index in [2.05, 4.69) is 0 Å². The average Bonchev–Trinajstić information content (AvgIpc) is 2.03. The average molecular weight is 203 g/mol. The summed E-state index contributed by atoms with van der Waals surface area (Å²) in [6.45, 7) is 2.62. The first kappa shape index (κ1) is 19.3. The number of rotatable bonds is 6. The van der Waals surface area contributed by atoms with Gasteiger partial charge in [-0.3, -0.25) is 0 Å². The smallest absolute Gasteiger partial charge is 0.382 e. The van der Waals surface area contributed by atoms with Gasteiger partial charge in [-0.25, -0.2) is 0 Å². The van der Waals surface area contributed by atoms with Gasteiger partial charge in [0.15, 0.2) is 0 Å². The zero-order chi connectivity index (χ0) is 10.5. The molecule has 0 aromatic rings. The molecule has 0 aromatic heterocycles. The van der Waals surface area contributed by atoms with E-state index in [9.17, 15) is 0 Å². The predicted octanol–water partition coefficient (Wildman–Crippen LogP) is -2.94. The third-order valence-electron chi connectivity index (χ3n) is 0.864. The van der Waals surface area contributed by atoms with Crippen LogP contribution in [0.2, 0.25) is 0 Å². The van der Waals surface area contributed by atoms with Gasteiger partial charge in [0.05, 0.1) is 31.5 Å². The quantitative estimate of drug-likeness (QED) is 0.198. The zero-order valence-electron chi connectivity index (χ0n) is 8.73. The van der Waals surface area contributed by atoms with E-state index < -0.39 is 5.09 Å². The SMILES string of the molecule is COCCOCCOC.O=[N+]([O-])[O-].[Li+]. The van der Waals surface area contributed by atoms with Crippen LogP contribution in [0.15, 0.2) is 0 Å². The molecule has 0 N–H and O–H groups in total. The number of ether oxygens (including phenoxy) is 3. The largest absolute Gasteiger partial charge is 1.00 e. The molecule has 8 heteroatoms. The summed E-state index contributed by atoms with van der Waals surface area (Å²) in [5, 5.41) is 14.8. The van der Waals surface area contributed by atoms with E-state index in [0.717, 1.165) is 0 Å². The Morgan fingerprint density at radius 1 is 1.00 bits per heavy atom. The van der Waals surface area contributed by atoms with Crippen LogP contribution in [-0.4, -0.2) is 45.7 Å². The van der Waals surface area contributed by atoms with Gasteiger partial charge in [0, 0.05) is 14.2 Å². The molecule has 0 aliphatic heterocycles. The molecule has 0 fully saturated rings. The minimum atomic E-state index is -1.75. The molecular weight excluding hydrogens is 189 g/mol. The maximum Gasteiger partial charge on any atom is 1.00 e. The Hall–Kier alpha value is -0.323. The summed E-state index contributed by atoms with van der Waals surface area (Å²) in [5.74, 6) is 0. The summed E-state index contributed by atoms with van der Waals surface area (Å²) < 4.78 is 14.6. The zero-order valence-corrected chi connectivity index (χ0v) is 8.73. The van der Waals surface area contributed by atoms with E-state index in [4.69, 9.17) is 29.5 Å². The van der Waals surface area contributed by atoms with Gasteiger partial charge in [-0.1, -0.05) is 0 Å². The molecule has 0 aromatic carbocycles. The van der Waals surface area contributed by atoms with Gasteiger partial charge in [0.25, 0.3) is 0 Å². The fourth-order valence-corrected chi connectivity index (χ4v) is 0.387. The number of hydrogen-bond donors (Lipinski definition) is 0. The van der Waals surface area contributed by atoms with Crippen molar-refractivity contribution in [3.8, 4) is 0 Å². The van der Waals surface area contributed by atoms with Crippen molar-refractivity contribution in [1.29, 1.82) is 0 Å². The molecule has 14 heavy (non-hydrogen) atoms. The first-order valence-electron chi connectivity index (χ1n) is 3.52. The second-order valence-corrected chi connectivity index (χ2v) is 1.82. The van der Waals surface area contributed by atoms with Crippen molar-refractivity contribution >= 4 is 0 Å². The van der Waals surface area contributed by atoms with E-state index in [0.29, 0.717) is 26.4 Å². The monoisotopic (exact) mass is 203 g/mol. The molecule has 0 saturated heterocycles. The van der Waals surface area contributed by atoms with Crippen LogP contribution in [0.25, 0.3) is 0 Å². The minimum absolute atomic E-state index is 0. The second-order valence-electron chi connectivity index (χ2n) is 1.82. The van der Waals surface area contributed by atoms with Crippen molar-refractivity contribution in [2.24, 2.45) is 0 Å². The number of methoxy groups -OCH3 is 2. The van der Waals surface area contributed by atoms with Crippen LogP contribution in [0.4, 0.5) is 0 Å². The third-order valence-corrected chi connectivity index (χ3v) is 0.864. The fraction of sp³-hybridized carbons (Fsp3) is 1.00. The van der Waals surface area contributed by atoms with Gasteiger partial charge in [-0.05, 0) is 0 Å². The maximum atomic E-state index is 8.25. The molecule has 0 amide bonds. The molecule has 0 rings (SSSR count). The second kappa shape index (κ2) is 18.5. The molecule has 0 aliphatic rings. The van der Waals surface area contributed by atoms with Crippen LogP contribution >= 0.6 is 0 Å². The fourth-order valence-electron chi connectivity index (χ4n) is 0.387. The molecule has 0 bridgehead atoms. The minimum Gasteiger partial charge on any atom is -0.382 e. The first-order chi connectivity index (χ1) is 6.15. The summed E-state index contributed by atoms with van der Waals surface area (Å²) in [4.78, 5) is 8.25. The van der Waals surface area contributed by atoms with Crippen LogP contribution in [-0.2, 0) is 14.2 Å². The van der Waals surface area contributed by atoms with Crippen LogP contribution in [0.5, 0.6) is 0 Å². The summed E-state index contributed by atoms with van der Waals surface area (Å²) in [5.41, 5.74) is 0. The number of nitrogens with zero attached hydrogens (tertiary/aromatic N) is 1. The Balaban J connectivity index is -0.000000209. The van der Waals surface area contributed by atoms with Gasteiger partial charge >= 0.3 is 18.9 Å².